The van der Waals surface area contributed by atoms with Crippen LogP contribution in [0.15, 0.2) is 36.4 Å². The van der Waals surface area contributed by atoms with Crippen molar-refractivity contribution in [2.75, 3.05) is 20.0 Å². The summed E-state index contributed by atoms with van der Waals surface area (Å²) in [4.78, 5) is 13.9. The van der Waals surface area contributed by atoms with Crippen LogP contribution in [0.1, 0.15) is 16.5 Å². The second-order valence-electron chi connectivity index (χ2n) is 5.54. The molecule has 7 heteroatoms. The lowest BCUT2D eigenvalue weighted by Crippen LogP contribution is -2.28. The van der Waals surface area contributed by atoms with Gasteiger partial charge in [0.1, 0.15) is 16.9 Å². The third-order valence-electron chi connectivity index (χ3n) is 4.01. The van der Waals surface area contributed by atoms with E-state index in [1.165, 1.54) is 17.8 Å². The Bertz CT molecular complexity index is 800. The largest absolute Gasteiger partial charge is 0.497 e. The van der Waals surface area contributed by atoms with Crippen LogP contribution in [-0.4, -0.2) is 30.8 Å². The molecular formula is C18H17F2NO3S. The molecule has 2 aromatic rings. The predicted molar refractivity (Wildman–Crippen MR) is 91.7 cm³/mol. The number of carbonyl (C=O) groups excluding carboxylic acids is 1. The average molecular weight is 365 g/mol. The summed E-state index contributed by atoms with van der Waals surface area (Å²) < 4.78 is 37.2. The summed E-state index contributed by atoms with van der Waals surface area (Å²) in [6.07, 6.45) is 0. The lowest BCUT2D eigenvalue weighted by Gasteiger charge is -2.26. The minimum Gasteiger partial charge on any atom is -0.497 e. The van der Waals surface area contributed by atoms with E-state index in [0.29, 0.717) is 22.8 Å². The molecule has 2 aromatic carbocycles. The lowest BCUT2D eigenvalue weighted by molar-refractivity contribution is -0.128. The second kappa shape index (κ2) is 7.31. The first-order chi connectivity index (χ1) is 12.0. The standard InChI is InChI=1S/C18H17F2NO3S/c1-23-12-4-5-13(16(8-12)24-2)18-21(17(22)10-25-18)9-11-3-6-14(19)15(20)7-11/h3-8,18H,9-10H2,1-2H3. The van der Waals surface area contributed by atoms with Crippen molar-refractivity contribution in [3.63, 3.8) is 0 Å². The van der Waals surface area contributed by atoms with E-state index < -0.39 is 11.6 Å². The van der Waals surface area contributed by atoms with Crippen LogP contribution in [-0.2, 0) is 11.3 Å². The zero-order valence-corrected chi connectivity index (χ0v) is 14.6. The summed E-state index contributed by atoms with van der Waals surface area (Å²) >= 11 is 1.47. The predicted octanol–water partition coefficient (Wildman–Crippen LogP) is 3.76. The summed E-state index contributed by atoms with van der Waals surface area (Å²) in [5.74, 6) is -0.292. The Morgan fingerprint density at radius 2 is 1.92 bits per heavy atom. The van der Waals surface area contributed by atoms with E-state index >= 15 is 0 Å². The molecule has 0 saturated carbocycles. The minimum absolute atomic E-state index is 0.0578. The molecule has 0 radical (unpaired) electrons. The van der Waals surface area contributed by atoms with Gasteiger partial charge in [0.25, 0.3) is 0 Å². The SMILES string of the molecule is COc1ccc(C2SCC(=O)N2Cc2ccc(F)c(F)c2)c(OC)c1. The Labute approximate surface area is 148 Å². The van der Waals surface area contributed by atoms with E-state index in [4.69, 9.17) is 9.47 Å². The molecule has 1 fully saturated rings. The molecule has 0 N–H and O–H groups in total. The molecule has 1 atom stereocenters. The Kier molecular flexibility index (Phi) is 5.13. The number of benzene rings is 2. The van der Waals surface area contributed by atoms with Gasteiger partial charge >= 0.3 is 0 Å². The van der Waals surface area contributed by atoms with Crippen LogP contribution < -0.4 is 9.47 Å². The molecule has 25 heavy (non-hydrogen) atoms. The summed E-state index contributed by atoms with van der Waals surface area (Å²) in [5, 5.41) is -0.263. The van der Waals surface area contributed by atoms with Gasteiger partial charge in [0.15, 0.2) is 11.6 Å². The smallest absolute Gasteiger partial charge is 0.234 e. The van der Waals surface area contributed by atoms with Crippen LogP contribution in [0.5, 0.6) is 11.5 Å². The van der Waals surface area contributed by atoms with Gasteiger partial charge in [0.2, 0.25) is 5.91 Å². The molecule has 1 amide bonds. The van der Waals surface area contributed by atoms with Crippen molar-refractivity contribution in [1.29, 1.82) is 0 Å². The van der Waals surface area contributed by atoms with Crippen LogP contribution in [0.3, 0.4) is 0 Å². The summed E-state index contributed by atoms with van der Waals surface area (Å²) in [5.41, 5.74) is 1.37. The number of halogens is 2. The lowest BCUT2D eigenvalue weighted by atomic mass is 10.1. The van der Waals surface area contributed by atoms with Gasteiger partial charge in [0.05, 0.1) is 20.0 Å². The van der Waals surface area contributed by atoms with E-state index in [0.717, 1.165) is 17.7 Å². The molecule has 0 aliphatic carbocycles. The third-order valence-corrected chi connectivity index (χ3v) is 5.25. The molecule has 1 unspecified atom stereocenters. The quantitative estimate of drug-likeness (QED) is 0.809. The normalized spacial score (nSPS) is 17.0. The fraction of sp³-hybridized carbons (Fsp3) is 0.278. The molecule has 1 aliphatic rings. The molecule has 0 spiro atoms. The van der Waals surface area contributed by atoms with Crippen LogP contribution >= 0.6 is 11.8 Å². The monoisotopic (exact) mass is 365 g/mol. The molecular weight excluding hydrogens is 348 g/mol. The summed E-state index contributed by atoms with van der Waals surface area (Å²) in [7, 11) is 3.12. The van der Waals surface area contributed by atoms with Gasteiger partial charge < -0.3 is 14.4 Å². The van der Waals surface area contributed by atoms with Crippen molar-refractivity contribution < 1.29 is 23.0 Å². The highest BCUT2D eigenvalue weighted by molar-refractivity contribution is 8.00. The van der Waals surface area contributed by atoms with Crippen molar-refractivity contribution in [2.24, 2.45) is 0 Å². The Morgan fingerprint density at radius 3 is 2.60 bits per heavy atom. The van der Waals surface area contributed by atoms with Crippen molar-refractivity contribution in [1.82, 2.24) is 4.90 Å². The first kappa shape index (κ1) is 17.5. The number of methoxy groups -OCH3 is 2. The fourth-order valence-electron chi connectivity index (χ4n) is 2.74. The van der Waals surface area contributed by atoms with Gasteiger partial charge in [-0.15, -0.1) is 11.8 Å². The number of hydrogen-bond acceptors (Lipinski definition) is 4. The van der Waals surface area contributed by atoms with E-state index in [1.807, 2.05) is 6.07 Å². The highest BCUT2D eigenvalue weighted by Crippen LogP contribution is 2.44. The van der Waals surface area contributed by atoms with Gasteiger partial charge in [-0.25, -0.2) is 8.78 Å². The van der Waals surface area contributed by atoms with Gasteiger partial charge in [-0.2, -0.15) is 0 Å². The van der Waals surface area contributed by atoms with E-state index in [2.05, 4.69) is 0 Å². The number of ether oxygens (including phenoxy) is 2. The van der Waals surface area contributed by atoms with Crippen LogP contribution in [0.2, 0.25) is 0 Å². The summed E-state index contributed by atoms with van der Waals surface area (Å²) in [6.45, 7) is 0.197. The molecule has 3 rings (SSSR count). The number of thioether (sulfide) groups is 1. The molecule has 1 aliphatic heterocycles. The first-order valence-corrected chi connectivity index (χ1v) is 8.65. The summed E-state index contributed by atoms with van der Waals surface area (Å²) in [6, 6.07) is 9.09. The van der Waals surface area contributed by atoms with Crippen LogP contribution in [0.25, 0.3) is 0 Å². The number of carbonyl (C=O) groups is 1. The molecule has 0 bridgehead atoms. The van der Waals surface area contributed by atoms with Gasteiger partial charge in [-0.1, -0.05) is 6.07 Å². The van der Waals surface area contributed by atoms with Crippen molar-refractivity contribution in [3.8, 4) is 11.5 Å². The Morgan fingerprint density at radius 1 is 1.12 bits per heavy atom. The van der Waals surface area contributed by atoms with E-state index in [9.17, 15) is 13.6 Å². The average Bonchev–Trinajstić information content (AvgIpc) is 2.98. The minimum atomic E-state index is -0.921. The third kappa shape index (κ3) is 3.56. The van der Waals surface area contributed by atoms with Crippen LogP contribution in [0, 0.1) is 11.6 Å². The number of rotatable bonds is 5. The van der Waals surface area contributed by atoms with Gasteiger partial charge in [0, 0.05) is 18.2 Å². The maximum absolute atomic E-state index is 13.5. The maximum atomic E-state index is 13.5. The molecule has 0 aromatic heterocycles. The second-order valence-corrected chi connectivity index (χ2v) is 6.61. The fourth-order valence-corrected chi connectivity index (χ4v) is 3.95. The maximum Gasteiger partial charge on any atom is 0.234 e. The van der Waals surface area contributed by atoms with E-state index in [1.54, 1.807) is 31.3 Å². The Hall–Kier alpha value is -2.28. The number of hydrogen-bond donors (Lipinski definition) is 0. The molecule has 1 heterocycles. The Balaban J connectivity index is 1.90. The van der Waals surface area contributed by atoms with Crippen molar-refractivity contribution >= 4 is 17.7 Å². The number of amides is 1. The zero-order chi connectivity index (χ0) is 18.0. The van der Waals surface area contributed by atoms with E-state index in [-0.39, 0.29) is 17.8 Å². The topological polar surface area (TPSA) is 38.8 Å². The molecule has 132 valence electrons. The van der Waals surface area contributed by atoms with Gasteiger partial charge in [-0.05, 0) is 29.8 Å². The van der Waals surface area contributed by atoms with Crippen molar-refractivity contribution in [3.05, 3.63) is 59.2 Å². The van der Waals surface area contributed by atoms with Crippen LogP contribution in [0.4, 0.5) is 8.78 Å². The van der Waals surface area contributed by atoms with Crippen molar-refractivity contribution in [2.45, 2.75) is 11.9 Å². The highest BCUT2D eigenvalue weighted by atomic mass is 32.2. The molecule has 1 saturated heterocycles. The highest BCUT2D eigenvalue weighted by Gasteiger charge is 2.34. The van der Waals surface area contributed by atoms with Gasteiger partial charge in [-0.3, -0.25) is 4.79 Å². The molecule has 4 nitrogen and oxygen atoms in total. The first-order valence-electron chi connectivity index (χ1n) is 7.60. The zero-order valence-electron chi connectivity index (χ0n) is 13.8. The number of nitrogens with zero attached hydrogens (tertiary/aromatic N) is 1.